The predicted molar refractivity (Wildman–Crippen MR) is 68.0 cm³/mol. The molecule has 0 bridgehead atoms. The van der Waals surface area contributed by atoms with Gasteiger partial charge in [-0.2, -0.15) is 0 Å². The summed E-state index contributed by atoms with van der Waals surface area (Å²) in [7, 11) is 1.56. The molecule has 0 atom stereocenters. The third-order valence-corrected chi connectivity index (χ3v) is 2.51. The smallest absolute Gasteiger partial charge is 0.256 e. The Kier molecular flexibility index (Phi) is 3.74. The molecule has 0 radical (unpaired) electrons. The van der Waals surface area contributed by atoms with Gasteiger partial charge >= 0.3 is 0 Å². The molecule has 0 saturated carbocycles. The highest BCUT2D eigenvalue weighted by Crippen LogP contribution is 2.16. The number of carbonyl (C=O) groups excluding carboxylic acids is 1. The molecule has 6 heteroatoms. The van der Waals surface area contributed by atoms with Crippen molar-refractivity contribution in [3.05, 3.63) is 47.4 Å². The lowest BCUT2D eigenvalue weighted by atomic mass is 10.2. The molecule has 0 spiro atoms. The predicted octanol–water partition coefficient (Wildman–Crippen LogP) is 2.39. The Morgan fingerprint density at radius 2 is 1.89 bits per heavy atom. The zero-order valence-corrected chi connectivity index (χ0v) is 10.3. The average molecular weight is 264 g/mol. The molecule has 2 rings (SSSR count). The van der Waals surface area contributed by atoms with E-state index in [1.165, 1.54) is 12.4 Å². The quantitative estimate of drug-likeness (QED) is 0.923. The van der Waals surface area contributed by atoms with E-state index < -0.39 is 0 Å². The zero-order valence-electron chi connectivity index (χ0n) is 9.55. The van der Waals surface area contributed by atoms with Crippen molar-refractivity contribution >= 4 is 23.3 Å². The third kappa shape index (κ3) is 2.75. The maximum Gasteiger partial charge on any atom is 0.256 e. The van der Waals surface area contributed by atoms with Crippen LogP contribution in [-0.2, 0) is 0 Å². The van der Waals surface area contributed by atoms with Gasteiger partial charge in [0, 0.05) is 18.0 Å². The second-order valence-electron chi connectivity index (χ2n) is 3.38. The highest BCUT2D eigenvalue weighted by Gasteiger charge is 2.09. The van der Waals surface area contributed by atoms with E-state index in [4.69, 9.17) is 16.3 Å². The van der Waals surface area contributed by atoms with Crippen LogP contribution in [0.2, 0.25) is 5.15 Å². The van der Waals surface area contributed by atoms with E-state index in [0.717, 1.165) is 0 Å². The Morgan fingerprint density at radius 1 is 1.22 bits per heavy atom. The van der Waals surface area contributed by atoms with Crippen molar-refractivity contribution in [3.63, 3.8) is 0 Å². The maximum absolute atomic E-state index is 11.9. The zero-order chi connectivity index (χ0) is 13.0. The van der Waals surface area contributed by atoms with Gasteiger partial charge in [0.25, 0.3) is 5.91 Å². The summed E-state index contributed by atoms with van der Waals surface area (Å²) in [5.41, 5.74) is 0.484. The van der Waals surface area contributed by atoms with Gasteiger partial charge in [-0.25, -0.2) is 9.97 Å². The standard InChI is InChI=1S/C12H10ClN3O2/c1-18-9-4-2-8(3-5-9)12(17)16-11-10(13)14-6-7-15-11/h2-7H,1H3,(H,15,16,17). The summed E-state index contributed by atoms with van der Waals surface area (Å²) in [4.78, 5) is 19.6. The van der Waals surface area contributed by atoms with Crippen molar-refractivity contribution in [3.8, 4) is 5.75 Å². The van der Waals surface area contributed by atoms with Crippen molar-refractivity contribution in [2.24, 2.45) is 0 Å². The Hall–Kier alpha value is -2.14. The molecule has 0 unspecified atom stereocenters. The summed E-state index contributed by atoms with van der Waals surface area (Å²) in [6.45, 7) is 0. The number of anilines is 1. The van der Waals surface area contributed by atoms with Gasteiger partial charge in [0.15, 0.2) is 11.0 Å². The van der Waals surface area contributed by atoms with Crippen LogP contribution in [0, 0.1) is 0 Å². The minimum absolute atomic E-state index is 0.152. The fourth-order valence-electron chi connectivity index (χ4n) is 1.33. The van der Waals surface area contributed by atoms with Crippen molar-refractivity contribution in [2.75, 3.05) is 12.4 Å². The monoisotopic (exact) mass is 263 g/mol. The number of methoxy groups -OCH3 is 1. The van der Waals surface area contributed by atoms with Gasteiger partial charge in [0.1, 0.15) is 5.75 Å². The van der Waals surface area contributed by atoms with Crippen LogP contribution in [0.25, 0.3) is 0 Å². The summed E-state index contributed by atoms with van der Waals surface area (Å²) in [6.07, 6.45) is 2.90. The molecule has 0 aliphatic heterocycles. The molecule has 2 aromatic rings. The lowest BCUT2D eigenvalue weighted by Crippen LogP contribution is -2.13. The second kappa shape index (κ2) is 5.46. The first-order valence-corrected chi connectivity index (χ1v) is 5.50. The van der Waals surface area contributed by atoms with Crippen molar-refractivity contribution in [1.82, 2.24) is 9.97 Å². The molecule has 0 aliphatic rings. The molecule has 0 fully saturated rings. The lowest BCUT2D eigenvalue weighted by Gasteiger charge is -2.05. The van der Waals surface area contributed by atoms with E-state index in [-0.39, 0.29) is 16.9 Å². The number of carbonyl (C=O) groups is 1. The van der Waals surface area contributed by atoms with Gasteiger partial charge in [-0.3, -0.25) is 4.79 Å². The number of ether oxygens (including phenoxy) is 1. The lowest BCUT2D eigenvalue weighted by molar-refractivity contribution is 0.102. The highest BCUT2D eigenvalue weighted by molar-refractivity contribution is 6.32. The van der Waals surface area contributed by atoms with Crippen LogP contribution in [-0.4, -0.2) is 23.0 Å². The number of benzene rings is 1. The first-order valence-electron chi connectivity index (χ1n) is 5.12. The third-order valence-electron chi connectivity index (χ3n) is 2.24. The number of nitrogens with one attached hydrogen (secondary N) is 1. The van der Waals surface area contributed by atoms with E-state index in [2.05, 4.69) is 15.3 Å². The Morgan fingerprint density at radius 3 is 2.50 bits per heavy atom. The number of amides is 1. The van der Waals surface area contributed by atoms with Crippen LogP contribution in [0.5, 0.6) is 5.75 Å². The average Bonchev–Trinajstić information content (AvgIpc) is 2.41. The number of rotatable bonds is 3. The summed E-state index contributed by atoms with van der Waals surface area (Å²) in [6, 6.07) is 6.71. The number of hydrogen-bond donors (Lipinski definition) is 1. The van der Waals surface area contributed by atoms with Crippen molar-refractivity contribution < 1.29 is 9.53 Å². The normalized spacial score (nSPS) is 9.89. The Bertz CT molecular complexity index is 558. The van der Waals surface area contributed by atoms with Gasteiger partial charge < -0.3 is 10.1 Å². The summed E-state index contributed by atoms with van der Waals surface area (Å²) >= 11 is 5.80. The van der Waals surface area contributed by atoms with Crippen LogP contribution in [0.15, 0.2) is 36.7 Å². The van der Waals surface area contributed by atoms with Gasteiger partial charge in [-0.05, 0) is 24.3 Å². The molecular formula is C12H10ClN3O2. The minimum Gasteiger partial charge on any atom is -0.497 e. The second-order valence-corrected chi connectivity index (χ2v) is 3.74. The van der Waals surface area contributed by atoms with Gasteiger partial charge in [-0.1, -0.05) is 11.6 Å². The molecule has 92 valence electrons. The van der Waals surface area contributed by atoms with E-state index in [1.807, 2.05) is 0 Å². The molecule has 1 amide bonds. The minimum atomic E-state index is -0.306. The number of aromatic nitrogens is 2. The molecule has 1 aromatic heterocycles. The van der Waals surface area contributed by atoms with E-state index >= 15 is 0 Å². The Balaban J connectivity index is 2.14. The highest BCUT2D eigenvalue weighted by atomic mass is 35.5. The van der Waals surface area contributed by atoms with E-state index in [0.29, 0.717) is 11.3 Å². The molecule has 1 aromatic carbocycles. The molecule has 5 nitrogen and oxygen atoms in total. The first-order chi connectivity index (χ1) is 8.70. The number of halogens is 1. The van der Waals surface area contributed by atoms with Crippen molar-refractivity contribution in [2.45, 2.75) is 0 Å². The van der Waals surface area contributed by atoms with E-state index in [9.17, 15) is 4.79 Å². The largest absolute Gasteiger partial charge is 0.497 e. The number of hydrogen-bond acceptors (Lipinski definition) is 4. The molecule has 1 heterocycles. The van der Waals surface area contributed by atoms with E-state index in [1.54, 1.807) is 31.4 Å². The summed E-state index contributed by atoms with van der Waals surface area (Å²) in [5, 5.41) is 2.73. The topological polar surface area (TPSA) is 64.1 Å². The first kappa shape index (κ1) is 12.3. The molecule has 18 heavy (non-hydrogen) atoms. The van der Waals surface area contributed by atoms with Gasteiger partial charge in [0.05, 0.1) is 7.11 Å². The molecule has 0 saturated heterocycles. The maximum atomic E-state index is 11.9. The van der Waals surface area contributed by atoms with Crippen molar-refractivity contribution in [1.29, 1.82) is 0 Å². The summed E-state index contributed by atoms with van der Waals surface area (Å²) in [5.74, 6) is 0.615. The van der Waals surface area contributed by atoms with Crippen LogP contribution in [0.3, 0.4) is 0 Å². The molecular weight excluding hydrogens is 254 g/mol. The fraction of sp³-hybridized carbons (Fsp3) is 0.0833. The molecule has 1 N–H and O–H groups in total. The number of nitrogens with zero attached hydrogens (tertiary/aromatic N) is 2. The SMILES string of the molecule is COc1ccc(C(=O)Nc2nccnc2Cl)cc1. The van der Waals surface area contributed by atoms with Crippen LogP contribution >= 0.6 is 11.6 Å². The van der Waals surface area contributed by atoms with Crippen LogP contribution < -0.4 is 10.1 Å². The van der Waals surface area contributed by atoms with Gasteiger partial charge in [0.2, 0.25) is 0 Å². The molecule has 0 aliphatic carbocycles. The van der Waals surface area contributed by atoms with Gasteiger partial charge in [-0.15, -0.1) is 0 Å². The Labute approximate surface area is 109 Å². The summed E-state index contributed by atoms with van der Waals surface area (Å²) < 4.78 is 5.01. The van der Waals surface area contributed by atoms with Crippen LogP contribution in [0.4, 0.5) is 5.82 Å². The fourth-order valence-corrected chi connectivity index (χ4v) is 1.48. The van der Waals surface area contributed by atoms with Crippen LogP contribution in [0.1, 0.15) is 10.4 Å².